The zero-order chi connectivity index (χ0) is 13.8. The molecule has 1 N–H and O–H groups in total. The largest absolute Gasteiger partial charge is 0.507 e. The zero-order valence-corrected chi connectivity index (χ0v) is 11.9. The maximum absolute atomic E-state index is 10.5. The number of phenols is 1. The molecule has 2 nitrogen and oxygen atoms in total. The average Bonchev–Trinajstić information content (AvgIpc) is 2.42. The molecular formula is C17H21NO. The predicted molar refractivity (Wildman–Crippen MR) is 81.9 cm³/mol. The van der Waals surface area contributed by atoms with Crippen molar-refractivity contribution in [2.75, 3.05) is 19.0 Å². The second-order valence-corrected chi connectivity index (χ2v) is 5.01. The van der Waals surface area contributed by atoms with E-state index in [0.29, 0.717) is 5.75 Å². The molecule has 2 heteroatoms. The van der Waals surface area contributed by atoms with E-state index in [1.807, 2.05) is 50.5 Å². The topological polar surface area (TPSA) is 23.5 Å². The predicted octanol–water partition coefficient (Wildman–Crippen LogP) is 4.08. The summed E-state index contributed by atoms with van der Waals surface area (Å²) in [6.07, 6.45) is 1.92. The maximum Gasteiger partial charge on any atom is 0.126 e. The van der Waals surface area contributed by atoms with E-state index in [9.17, 15) is 5.11 Å². The van der Waals surface area contributed by atoms with Gasteiger partial charge in [0.05, 0.1) is 0 Å². The van der Waals surface area contributed by atoms with E-state index >= 15 is 0 Å². The molecule has 0 amide bonds. The van der Waals surface area contributed by atoms with Gasteiger partial charge >= 0.3 is 0 Å². The van der Waals surface area contributed by atoms with Gasteiger partial charge in [0.1, 0.15) is 5.75 Å². The molecule has 0 aliphatic carbocycles. The molecule has 0 aliphatic rings. The van der Waals surface area contributed by atoms with Gasteiger partial charge in [0.2, 0.25) is 0 Å². The monoisotopic (exact) mass is 255 g/mol. The quantitative estimate of drug-likeness (QED) is 0.890. The molecular weight excluding hydrogens is 234 g/mol. The van der Waals surface area contributed by atoms with Crippen LogP contribution in [0.3, 0.4) is 0 Å². The van der Waals surface area contributed by atoms with Crippen molar-refractivity contribution >= 4 is 5.69 Å². The van der Waals surface area contributed by atoms with Crippen LogP contribution in [0.4, 0.5) is 5.69 Å². The Morgan fingerprint density at radius 1 is 1.05 bits per heavy atom. The third-order valence-corrected chi connectivity index (χ3v) is 3.29. The lowest BCUT2D eigenvalue weighted by Crippen LogP contribution is -2.09. The fourth-order valence-electron chi connectivity index (χ4n) is 2.23. The Hall–Kier alpha value is -1.96. The van der Waals surface area contributed by atoms with E-state index in [0.717, 1.165) is 35.2 Å². The first-order valence-corrected chi connectivity index (χ1v) is 6.72. The normalized spacial score (nSPS) is 10.5. The molecule has 100 valence electrons. The van der Waals surface area contributed by atoms with Crippen molar-refractivity contribution in [3.8, 4) is 16.9 Å². The smallest absolute Gasteiger partial charge is 0.126 e. The SMILES string of the molecule is CCCc1cc(N(C)C)cc(-c2ccccc2)c1O. The van der Waals surface area contributed by atoms with Crippen LogP contribution in [-0.4, -0.2) is 19.2 Å². The first kappa shape index (κ1) is 13.5. The number of rotatable bonds is 4. The van der Waals surface area contributed by atoms with E-state index in [4.69, 9.17) is 0 Å². The fourth-order valence-corrected chi connectivity index (χ4v) is 2.23. The number of benzene rings is 2. The van der Waals surface area contributed by atoms with Gasteiger partial charge < -0.3 is 10.0 Å². The standard InChI is InChI=1S/C17H21NO/c1-4-8-14-11-15(18(2)3)12-16(17(14)19)13-9-6-5-7-10-13/h5-7,9-12,19H,4,8H2,1-3H3. The Kier molecular flexibility index (Phi) is 4.10. The van der Waals surface area contributed by atoms with E-state index in [1.54, 1.807) is 0 Å². The lowest BCUT2D eigenvalue weighted by Gasteiger charge is -2.18. The minimum Gasteiger partial charge on any atom is -0.507 e. The van der Waals surface area contributed by atoms with Gasteiger partial charge in [-0.15, -0.1) is 0 Å². The highest BCUT2D eigenvalue weighted by Gasteiger charge is 2.12. The fraction of sp³-hybridized carbons (Fsp3) is 0.294. The van der Waals surface area contributed by atoms with Crippen LogP contribution in [0.1, 0.15) is 18.9 Å². The van der Waals surface area contributed by atoms with Gasteiger partial charge in [0, 0.05) is 25.3 Å². The first-order chi connectivity index (χ1) is 9.13. The van der Waals surface area contributed by atoms with Crippen molar-refractivity contribution in [3.63, 3.8) is 0 Å². The number of anilines is 1. The molecule has 0 bridgehead atoms. The van der Waals surface area contributed by atoms with E-state index in [1.165, 1.54) is 0 Å². The Morgan fingerprint density at radius 2 is 1.74 bits per heavy atom. The van der Waals surface area contributed by atoms with Crippen LogP contribution in [0.15, 0.2) is 42.5 Å². The number of hydrogen-bond acceptors (Lipinski definition) is 2. The molecule has 0 fully saturated rings. The first-order valence-electron chi connectivity index (χ1n) is 6.72. The number of phenolic OH excluding ortho intramolecular Hbond substituents is 1. The molecule has 0 spiro atoms. The molecule has 0 aromatic heterocycles. The van der Waals surface area contributed by atoms with Crippen LogP contribution < -0.4 is 4.90 Å². The molecule has 2 rings (SSSR count). The molecule has 0 atom stereocenters. The van der Waals surface area contributed by atoms with Gasteiger partial charge in [-0.3, -0.25) is 0 Å². The highest BCUT2D eigenvalue weighted by Crippen LogP contribution is 2.36. The minimum absolute atomic E-state index is 0.415. The molecule has 0 unspecified atom stereocenters. The van der Waals surface area contributed by atoms with Gasteiger partial charge in [-0.25, -0.2) is 0 Å². The van der Waals surface area contributed by atoms with E-state index in [2.05, 4.69) is 17.9 Å². The van der Waals surface area contributed by atoms with Gasteiger partial charge in [-0.05, 0) is 29.7 Å². The summed E-state index contributed by atoms with van der Waals surface area (Å²) in [7, 11) is 4.05. The zero-order valence-electron chi connectivity index (χ0n) is 11.9. The second kappa shape index (κ2) is 5.79. The van der Waals surface area contributed by atoms with E-state index in [-0.39, 0.29) is 0 Å². The van der Waals surface area contributed by atoms with Crippen molar-refractivity contribution in [2.24, 2.45) is 0 Å². The lowest BCUT2D eigenvalue weighted by atomic mass is 9.98. The molecule has 0 aliphatic heterocycles. The van der Waals surface area contributed by atoms with Gasteiger partial charge in [0.15, 0.2) is 0 Å². The van der Waals surface area contributed by atoms with Crippen molar-refractivity contribution < 1.29 is 5.11 Å². The summed E-state index contributed by atoms with van der Waals surface area (Å²) in [4.78, 5) is 2.07. The third-order valence-electron chi connectivity index (χ3n) is 3.29. The average molecular weight is 255 g/mol. The van der Waals surface area contributed by atoms with Crippen LogP contribution in [-0.2, 0) is 6.42 Å². The number of hydrogen-bond donors (Lipinski definition) is 1. The number of nitrogens with zero attached hydrogens (tertiary/aromatic N) is 1. The molecule has 2 aromatic carbocycles. The Balaban J connectivity index is 2.59. The van der Waals surface area contributed by atoms with Gasteiger partial charge in [-0.2, -0.15) is 0 Å². The summed E-state index contributed by atoms with van der Waals surface area (Å²) in [6.45, 7) is 2.13. The van der Waals surface area contributed by atoms with Crippen molar-refractivity contribution in [2.45, 2.75) is 19.8 Å². The molecule has 0 heterocycles. The molecule has 0 saturated carbocycles. The van der Waals surface area contributed by atoms with Crippen LogP contribution in [0.5, 0.6) is 5.75 Å². The Labute approximate surface area is 115 Å². The summed E-state index contributed by atoms with van der Waals surface area (Å²) in [5.41, 5.74) is 4.11. The van der Waals surface area contributed by atoms with Crippen molar-refractivity contribution in [1.82, 2.24) is 0 Å². The summed E-state index contributed by atoms with van der Waals surface area (Å²) in [5.74, 6) is 0.415. The van der Waals surface area contributed by atoms with Crippen LogP contribution in [0, 0.1) is 0 Å². The number of aryl methyl sites for hydroxylation is 1. The number of aromatic hydroxyl groups is 1. The van der Waals surface area contributed by atoms with E-state index < -0.39 is 0 Å². The third kappa shape index (κ3) is 2.90. The van der Waals surface area contributed by atoms with Crippen molar-refractivity contribution in [1.29, 1.82) is 0 Å². The van der Waals surface area contributed by atoms with Crippen LogP contribution in [0.25, 0.3) is 11.1 Å². The summed E-state index contributed by atoms with van der Waals surface area (Å²) >= 11 is 0. The van der Waals surface area contributed by atoms with Crippen LogP contribution in [0.2, 0.25) is 0 Å². The molecule has 0 saturated heterocycles. The summed E-state index contributed by atoms with van der Waals surface area (Å²) in [5, 5.41) is 10.5. The van der Waals surface area contributed by atoms with Gasteiger partial charge in [0.25, 0.3) is 0 Å². The Bertz CT molecular complexity index is 547. The van der Waals surface area contributed by atoms with Crippen molar-refractivity contribution in [3.05, 3.63) is 48.0 Å². The highest BCUT2D eigenvalue weighted by molar-refractivity contribution is 5.76. The second-order valence-electron chi connectivity index (χ2n) is 5.01. The van der Waals surface area contributed by atoms with Crippen LogP contribution >= 0.6 is 0 Å². The van der Waals surface area contributed by atoms with Gasteiger partial charge in [-0.1, -0.05) is 43.7 Å². The molecule has 0 radical (unpaired) electrons. The summed E-state index contributed by atoms with van der Waals surface area (Å²) < 4.78 is 0. The molecule has 2 aromatic rings. The lowest BCUT2D eigenvalue weighted by molar-refractivity contribution is 0.469. The molecule has 19 heavy (non-hydrogen) atoms. The Morgan fingerprint density at radius 3 is 2.32 bits per heavy atom. The summed E-state index contributed by atoms with van der Waals surface area (Å²) in [6, 6.07) is 14.2. The highest BCUT2D eigenvalue weighted by atomic mass is 16.3. The minimum atomic E-state index is 0.415. The maximum atomic E-state index is 10.5.